The molecule has 0 radical (unpaired) electrons. The number of ether oxygens (including phenoxy) is 1. The summed E-state index contributed by atoms with van der Waals surface area (Å²) in [6.07, 6.45) is 2.02. The van der Waals surface area contributed by atoms with Crippen LogP contribution in [0.3, 0.4) is 0 Å². The van der Waals surface area contributed by atoms with Crippen LogP contribution in [0, 0.1) is 0 Å². The van der Waals surface area contributed by atoms with Gasteiger partial charge < -0.3 is 13.7 Å². The summed E-state index contributed by atoms with van der Waals surface area (Å²) in [7, 11) is 0. The summed E-state index contributed by atoms with van der Waals surface area (Å²) in [5, 5.41) is 9.17. The quantitative estimate of drug-likeness (QED) is 0.174. The van der Waals surface area contributed by atoms with Gasteiger partial charge >= 0.3 is 6.18 Å². The van der Waals surface area contributed by atoms with Gasteiger partial charge in [-0.15, -0.1) is 10.2 Å². The predicted octanol–water partition coefficient (Wildman–Crippen LogP) is 8.53. The fraction of sp³-hybridized carbons (Fsp3) is 0.138. The van der Waals surface area contributed by atoms with Crippen molar-refractivity contribution in [3.8, 4) is 22.9 Å². The van der Waals surface area contributed by atoms with Crippen LogP contribution in [0.15, 0.2) is 90.4 Å². The van der Waals surface area contributed by atoms with Crippen molar-refractivity contribution in [3.63, 3.8) is 0 Å². The van der Waals surface area contributed by atoms with Crippen molar-refractivity contribution in [2.75, 3.05) is 0 Å². The Balaban J connectivity index is 1.39. The van der Waals surface area contributed by atoms with E-state index in [2.05, 4.69) is 21.8 Å². The third-order valence-electron chi connectivity index (χ3n) is 6.15. The number of halogens is 5. The van der Waals surface area contributed by atoms with E-state index in [4.69, 9.17) is 32.4 Å². The van der Waals surface area contributed by atoms with Gasteiger partial charge in [0.25, 0.3) is 0 Å². The van der Waals surface area contributed by atoms with Crippen LogP contribution in [0.1, 0.15) is 28.4 Å². The van der Waals surface area contributed by atoms with Crippen molar-refractivity contribution in [3.05, 3.63) is 118 Å². The topological polar surface area (TPSA) is 66.0 Å². The molecular weight excluding hydrogens is 564 g/mol. The highest BCUT2D eigenvalue weighted by atomic mass is 35.5. The maximum Gasteiger partial charge on any atom is 0.416 e. The molecule has 1 unspecified atom stereocenters. The van der Waals surface area contributed by atoms with E-state index in [1.807, 2.05) is 35.0 Å². The Hall–Kier alpha value is -3.92. The second-order valence-corrected chi connectivity index (χ2v) is 9.68. The Morgan fingerprint density at radius 1 is 1.00 bits per heavy atom. The molecule has 0 spiro atoms. The van der Waals surface area contributed by atoms with Crippen molar-refractivity contribution >= 4 is 29.3 Å². The molecular formula is C29H21Cl2F3N4O2. The van der Waals surface area contributed by atoms with E-state index < -0.39 is 17.8 Å². The number of hydrogen-bond donors (Lipinski definition) is 0. The molecule has 2 heterocycles. The van der Waals surface area contributed by atoms with Crippen LogP contribution < -0.4 is 0 Å². The predicted molar refractivity (Wildman–Crippen MR) is 146 cm³/mol. The fourth-order valence-electron chi connectivity index (χ4n) is 4.09. The molecule has 204 valence electrons. The van der Waals surface area contributed by atoms with Crippen LogP contribution in [0.25, 0.3) is 29.0 Å². The van der Waals surface area contributed by atoms with Gasteiger partial charge in [0.1, 0.15) is 6.10 Å². The second-order valence-electron chi connectivity index (χ2n) is 8.84. The number of alkyl halides is 3. The van der Waals surface area contributed by atoms with Crippen LogP contribution in [-0.4, -0.2) is 19.7 Å². The van der Waals surface area contributed by atoms with Crippen molar-refractivity contribution in [2.45, 2.75) is 25.4 Å². The Morgan fingerprint density at radius 2 is 1.77 bits per heavy atom. The molecule has 0 aliphatic rings. The Kier molecular flexibility index (Phi) is 8.07. The lowest BCUT2D eigenvalue weighted by molar-refractivity contribution is -0.137. The van der Waals surface area contributed by atoms with Gasteiger partial charge in [-0.1, -0.05) is 54.1 Å². The van der Waals surface area contributed by atoms with Gasteiger partial charge in [0.15, 0.2) is 0 Å². The fourth-order valence-corrected chi connectivity index (χ4v) is 4.62. The first-order valence-electron chi connectivity index (χ1n) is 12.0. The number of benzene rings is 3. The highest BCUT2D eigenvalue weighted by Crippen LogP contribution is 2.34. The first-order valence-corrected chi connectivity index (χ1v) is 12.8. The SMILES string of the molecule is C=Cc1ccc(COC(Cn2ccnc2)c2ccc(Cl)cc2Cl)cc1-c1nnc(-c2ccc(C(F)(F)F)cc2)o1. The number of rotatable bonds is 9. The van der Waals surface area contributed by atoms with Crippen molar-refractivity contribution in [2.24, 2.45) is 0 Å². The maximum absolute atomic E-state index is 12.9. The lowest BCUT2D eigenvalue weighted by atomic mass is 10.0. The molecule has 40 heavy (non-hydrogen) atoms. The third kappa shape index (κ3) is 6.28. The van der Waals surface area contributed by atoms with Crippen LogP contribution in [0.4, 0.5) is 13.2 Å². The molecule has 0 aliphatic carbocycles. The van der Waals surface area contributed by atoms with Crippen LogP contribution in [0.2, 0.25) is 10.0 Å². The first-order chi connectivity index (χ1) is 19.2. The van der Waals surface area contributed by atoms with E-state index in [0.29, 0.717) is 27.7 Å². The number of nitrogens with zero attached hydrogens (tertiary/aromatic N) is 4. The number of aromatic nitrogens is 4. The van der Waals surface area contributed by atoms with E-state index in [1.165, 1.54) is 12.1 Å². The molecule has 0 bridgehead atoms. The van der Waals surface area contributed by atoms with Crippen molar-refractivity contribution in [1.82, 2.24) is 19.7 Å². The van der Waals surface area contributed by atoms with Gasteiger partial charge in [-0.05, 0) is 53.6 Å². The van der Waals surface area contributed by atoms with E-state index in [0.717, 1.165) is 28.8 Å². The van der Waals surface area contributed by atoms with Crippen LogP contribution in [-0.2, 0) is 24.1 Å². The average Bonchev–Trinajstić information content (AvgIpc) is 3.63. The summed E-state index contributed by atoms with van der Waals surface area (Å²) in [5.74, 6) is 0.292. The molecule has 0 saturated carbocycles. The molecule has 6 nitrogen and oxygen atoms in total. The molecule has 2 aromatic heterocycles. The minimum atomic E-state index is -4.43. The zero-order valence-electron chi connectivity index (χ0n) is 20.8. The highest BCUT2D eigenvalue weighted by Gasteiger charge is 2.30. The normalized spacial score (nSPS) is 12.4. The molecule has 0 aliphatic heterocycles. The first kappa shape index (κ1) is 27.6. The molecule has 0 saturated heterocycles. The molecule has 3 aromatic carbocycles. The van der Waals surface area contributed by atoms with Gasteiger partial charge in [-0.25, -0.2) is 4.98 Å². The second kappa shape index (κ2) is 11.7. The van der Waals surface area contributed by atoms with Gasteiger partial charge in [0, 0.05) is 39.1 Å². The van der Waals surface area contributed by atoms with Gasteiger partial charge in [-0.2, -0.15) is 13.2 Å². The van der Waals surface area contributed by atoms with Crippen molar-refractivity contribution < 1.29 is 22.3 Å². The summed E-state index contributed by atoms with van der Waals surface area (Å²) in [6, 6.07) is 15.4. The lowest BCUT2D eigenvalue weighted by Crippen LogP contribution is -2.12. The van der Waals surface area contributed by atoms with Crippen LogP contribution >= 0.6 is 23.2 Å². The monoisotopic (exact) mass is 584 g/mol. The molecule has 0 N–H and O–H groups in total. The molecule has 0 amide bonds. The van der Waals surface area contributed by atoms with E-state index in [9.17, 15) is 13.2 Å². The standard InChI is InChI=1S/C29H21Cl2F3N4O2/c1-2-19-4-3-18(16-39-26(15-38-12-11-35-17-38)23-10-9-22(30)14-25(23)31)13-24(19)28-37-36-27(40-28)20-5-7-21(8-6-20)29(32,33)34/h2-14,17,26H,1,15-16H2. The van der Waals surface area contributed by atoms with Gasteiger partial charge in [0.2, 0.25) is 11.8 Å². The highest BCUT2D eigenvalue weighted by molar-refractivity contribution is 6.35. The summed E-state index contributed by atoms with van der Waals surface area (Å²) in [6.45, 7) is 4.55. The van der Waals surface area contributed by atoms with E-state index in [1.54, 1.807) is 30.7 Å². The lowest BCUT2D eigenvalue weighted by Gasteiger charge is -2.20. The average molecular weight is 585 g/mol. The summed E-state index contributed by atoms with van der Waals surface area (Å²) < 4.78 is 52.8. The largest absolute Gasteiger partial charge is 0.416 e. The Morgan fingerprint density at radius 3 is 2.45 bits per heavy atom. The van der Waals surface area contributed by atoms with Crippen LogP contribution in [0.5, 0.6) is 0 Å². The molecule has 5 aromatic rings. The minimum absolute atomic E-state index is 0.0955. The minimum Gasteiger partial charge on any atom is -0.416 e. The maximum atomic E-state index is 12.9. The molecule has 1 atom stereocenters. The molecule has 11 heteroatoms. The molecule has 5 rings (SSSR count). The Bertz CT molecular complexity index is 1620. The van der Waals surface area contributed by atoms with E-state index in [-0.39, 0.29) is 18.4 Å². The number of hydrogen-bond acceptors (Lipinski definition) is 5. The van der Waals surface area contributed by atoms with Gasteiger partial charge in [-0.3, -0.25) is 0 Å². The van der Waals surface area contributed by atoms with Gasteiger partial charge in [0.05, 0.1) is 25.0 Å². The zero-order chi connectivity index (χ0) is 28.3. The summed E-state index contributed by atoms with van der Waals surface area (Å²) in [5.41, 5.74) is 2.55. The number of imidazole rings is 1. The zero-order valence-corrected chi connectivity index (χ0v) is 22.3. The van der Waals surface area contributed by atoms with E-state index >= 15 is 0 Å². The summed E-state index contributed by atoms with van der Waals surface area (Å²) in [4.78, 5) is 4.10. The Labute approximate surface area is 237 Å². The smallest absolute Gasteiger partial charge is 0.416 e. The third-order valence-corrected chi connectivity index (χ3v) is 6.71. The summed E-state index contributed by atoms with van der Waals surface area (Å²) >= 11 is 12.6. The molecule has 0 fully saturated rings. The van der Waals surface area contributed by atoms with Crippen molar-refractivity contribution in [1.29, 1.82) is 0 Å².